The average Bonchev–Trinajstić information content (AvgIpc) is 2.85. The van der Waals surface area contributed by atoms with Gasteiger partial charge in [-0.25, -0.2) is 9.97 Å². The molecule has 2 heterocycles. The van der Waals surface area contributed by atoms with Gasteiger partial charge in [-0.05, 0) is 32.7 Å². The van der Waals surface area contributed by atoms with Gasteiger partial charge in [0.1, 0.15) is 5.82 Å². The molecule has 21 heavy (non-hydrogen) atoms. The Bertz CT molecular complexity index is 458. The van der Waals surface area contributed by atoms with Crippen molar-refractivity contribution >= 4 is 5.69 Å². The van der Waals surface area contributed by atoms with Gasteiger partial charge < -0.3 is 10.2 Å². The van der Waals surface area contributed by atoms with Gasteiger partial charge in [0.2, 0.25) is 0 Å². The minimum atomic E-state index is 0.373. The van der Waals surface area contributed by atoms with Gasteiger partial charge in [0, 0.05) is 24.5 Å². The minimum Gasteiger partial charge on any atom is -0.363 e. The lowest BCUT2D eigenvalue weighted by molar-refractivity contribution is 0.612. The van der Waals surface area contributed by atoms with Gasteiger partial charge in [0.25, 0.3) is 0 Å². The summed E-state index contributed by atoms with van der Waals surface area (Å²) in [6.45, 7) is 12.8. The van der Waals surface area contributed by atoms with E-state index in [0.717, 1.165) is 24.6 Å². The summed E-state index contributed by atoms with van der Waals surface area (Å²) < 4.78 is 0. The maximum absolute atomic E-state index is 4.84. The number of anilines is 1. The molecule has 0 saturated carbocycles. The summed E-state index contributed by atoms with van der Waals surface area (Å²) >= 11 is 0. The summed E-state index contributed by atoms with van der Waals surface area (Å²) in [4.78, 5) is 12.0. The number of hydrogen-bond acceptors (Lipinski definition) is 4. The third-order valence-corrected chi connectivity index (χ3v) is 4.46. The maximum atomic E-state index is 4.84. The highest BCUT2D eigenvalue weighted by Gasteiger charge is 2.31. The van der Waals surface area contributed by atoms with Gasteiger partial charge >= 0.3 is 0 Å². The summed E-state index contributed by atoms with van der Waals surface area (Å²) in [5, 5.41) is 3.43. The normalized spacial score (nSPS) is 22.3. The molecule has 1 aromatic rings. The van der Waals surface area contributed by atoms with Crippen molar-refractivity contribution in [3.63, 3.8) is 0 Å². The predicted octanol–water partition coefficient (Wildman–Crippen LogP) is 3.48. The summed E-state index contributed by atoms with van der Waals surface area (Å²) in [5.41, 5.74) is 2.39. The van der Waals surface area contributed by atoms with Gasteiger partial charge in [-0.2, -0.15) is 0 Å². The quantitative estimate of drug-likeness (QED) is 0.871. The van der Waals surface area contributed by atoms with E-state index in [2.05, 4.69) is 56.0 Å². The molecule has 0 aliphatic carbocycles. The molecule has 4 nitrogen and oxygen atoms in total. The van der Waals surface area contributed by atoms with Crippen molar-refractivity contribution in [2.45, 2.75) is 78.4 Å². The minimum absolute atomic E-state index is 0.373. The topological polar surface area (TPSA) is 41.1 Å². The highest BCUT2D eigenvalue weighted by molar-refractivity contribution is 5.52. The molecule has 118 valence electrons. The number of rotatable bonds is 6. The Morgan fingerprint density at radius 1 is 1.33 bits per heavy atom. The Labute approximate surface area is 129 Å². The molecule has 0 bridgehead atoms. The van der Waals surface area contributed by atoms with Crippen LogP contribution in [0.3, 0.4) is 0 Å². The van der Waals surface area contributed by atoms with Crippen LogP contribution in [0.5, 0.6) is 0 Å². The molecule has 1 saturated heterocycles. The maximum Gasteiger partial charge on any atom is 0.131 e. The number of hydrogen-bond donors (Lipinski definition) is 1. The SMILES string of the molecule is CCNCc1nc(C(C)C)ncc1N1C(C)CCC1CC. The largest absolute Gasteiger partial charge is 0.363 e. The summed E-state index contributed by atoms with van der Waals surface area (Å²) in [6, 6.07) is 1.22. The number of nitrogens with one attached hydrogen (secondary N) is 1. The van der Waals surface area contributed by atoms with Gasteiger partial charge in [-0.1, -0.05) is 27.7 Å². The van der Waals surface area contributed by atoms with E-state index in [-0.39, 0.29) is 0 Å². The first-order valence-corrected chi connectivity index (χ1v) is 8.43. The van der Waals surface area contributed by atoms with Crippen molar-refractivity contribution in [3.05, 3.63) is 17.7 Å². The molecule has 1 aliphatic rings. The number of nitrogens with zero attached hydrogens (tertiary/aromatic N) is 3. The Kier molecular flexibility index (Phi) is 5.57. The second-order valence-corrected chi connectivity index (χ2v) is 6.39. The van der Waals surface area contributed by atoms with Crippen molar-refractivity contribution in [2.24, 2.45) is 0 Å². The molecule has 4 heteroatoms. The van der Waals surface area contributed by atoms with E-state index in [1.807, 2.05) is 0 Å². The van der Waals surface area contributed by atoms with Gasteiger partial charge in [-0.15, -0.1) is 0 Å². The van der Waals surface area contributed by atoms with E-state index >= 15 is 0 Å². The van der Waals surface area contributed by atoms with Crippen LogP contribution in [0.4, 0.5) is 5.69 Å². The third-order valence-electron chi connectivity index (χ3n) is 4.46. The van der Waals surface area contributed by atoms with E-state index in [9.17, 15) is 0 Å². The monoisotopic (exact) mass is 290 g/mol. The molecule has 0 spiro atoms. The van der Waals surface area contributed by atoms with Crippen LogP contribution in [-0.4, -0.2) is 28.6 Å². The first-order chi connectivity index (χ1) is 10.1. The molecule has 0 radical (unpaired) electrons. The Hall–Kier alpha value is -1.16. The second kappa shape index (κ2) is 7.21. The van der Waals surface area contributed by atoms with Crippen LogP contribution in [0.15, 0.2) is 6.20 Å². The van der Waals surface area contributed by atoms with Crippen molar-refractivity contribution in [3.8, 4) is 0 Å². The predicted molar refractivity (Wildman–Crippen MR) is 88.8 cm³/mol. The molecule has 2 rings (SSSR count). The molecule has 1 aromatic heterocycles. The highest BCUT2D eigenvalue weighted by Crippen LogP contribution is 2.33. The third kappa shape index (κ3) is 3.54. The lowest BCUT2D eigenvalue weighted by atomic mass is 10.1. The summed E-state index contributed by atoms with van der Waals surface area (Å²) in [7, 11) is 0. The molecule has 1 aliphatic heterocycles. The van der Waals surface area contributed by atoms with E-state index < -0.39 is 0 Å². The van der Waals surface area contributed by atoms with Gasteiger partial charge in [-0.3, -0.25) is 0 Å². The van der Waals surface area contributed by atoms with E-state index in [1.165, 1.54) is 24.9 Å². The smallest absolute Gasteiger partial charge is 0.131 e. The zero-order chi connectivity index (χ0) is 15.4. The molecular weight excluding hydrogens is 260 g/mol. The fourth-order valence-corrected chi connectivity index (χ4v) is 3.20. The van der Waals surface area contributed by atoms with Gasteiger partial charge in [0.05, 0.1) is 17.6 Å². The van der Waals surface area contributed by atoms with Crippen LogP contribution in [0.25, 0.3) is 0 Å². The molecule has 1 fully saturated rings. The Balaban J connectivity index is 2.36. The standard InChI is InChI=1S/C17H30N4/c1-6-14-9-8-13(5)21(14)16-11-19-17(12(3)4)20-15(16)10-18-7-2/h11-14,18H,6-10H2,1-5H3. The van der Waals surface area contributed by atoms with Crippen LogP contribution in [-0.2, 0) is 6.54 Å². The Morgan fingerprint density at radius 3 is 2.71 bits per heavy atom. The van der Waals surface area contributed by atoms with E-state index in [4.69, 9.17) is 4.98 Å². The lowest BCUT2D eigenvalue weighted by Crippen LogP contribution is -2.36. The van der Waals surface area contributed by atoms with Crippen LogP contribution in [0.2, 0.25) is 0 Å². The van der Waals surface area contributed by atoms with Gasteiger partial charge in [0.15, 0.2) is 0 Å². The number of aromatic nitrogens is 2. The fraction of sp³-hybridized carbons (Fsp3) is 0.765. The zero-order valence-corrected chi connectivity index (χ0v) is 14.2. The summed E-state index contributed by atoms with van der Waals surface area (Å²) in [5.74, 6) is 1.32. The van der Waals surface area contributed by atoms with Crippen molar-refractivity contribution < 1.29 is 0 Å². The van der Waals surface area contributed by atoms with Crippen LogP contribution >= 0.6 is 0 Å². The zero-order valence-electron chi connectivity index (χ0n) is 14.2. The van der Waals surface area contributed by atoms with Crippen molar-refractivity contribution in [1.29, 1.82) is 0 Å². The highest BCUT2D eigenvalue weighted by atomic mass is 15.2. The van der Waals surface area contributed by atoms with E-state index in [0.29, 0.717) is 18.0 Å². The van der Waals surface area contributed by atoms with Crippen LogP contribution in [0, 0.1) is 0 Å². The first-order valence-electron chi connectivity index (χ1n) is 8.43. The molecule has 0 amide bonds. The van der Waals surface area contributed by atoms with E-state index in [1.54, 1.807) is 0 Å². The van der Waals surface area contributed by atoms with Crippen molar-refractivity contribution in [1.82, 2.24) is 15.3 Å². The fourth-order valence-electron chi connectivity index (χ4n) is 3.20. The van der Waals surface area contributed by atoms with Crippen molar-refractivity contribution in [2.75, 3.05) is 11.4 Å². The molecule has 2 atom stereocenters. The molecule has 2 unspecified atom stereocenters. The van der Waals surface area contributed by atoms with Crippen LogP contribution < -0.4 is 10.2 Å². The average molecular weight is 290 g/mol. The molecule has 1 N–H and O–H groups in total. The second-order valence-electron chi connectivity index (χ2n) is 6.39. The molecule has 0 aromatic carbocycles. The summed E-state index contributed by atoms with van der Waals surface area (Å²) in [6.07, 6.45) is 5.80. The lowest BCUT2D eigenvalue weighted by Gasteiger charge is -2.31. The molecular formula is C17H30N4. The Morgan fingerprint density at radius 2 is 2.10 bits per heavy atom. The van der Waals surface area contributed by atoms with Crippen LogP contribution in [0.1, 0.15) is 71.3 Å². The first kappa shape index (κ1) is 16.2.